The number of phenolic OH excluding ortho intramolecular Hbond substituents is 1. The number of aromatic hydroxyl groups is 1. The number of nitrogens with zero attached hydrogens (tertiary/aromatic N) is 4. The van der Waals surface area contributed by atoms with Crippen LogP contribution in [0.1, 0.15) is 28.3 Å². The molecule has 0 saturated heterocycles. The second kappa shape index (κ2) is 5.82. The van der Waals surface area contributed by atoms with Crippen LogP contribution in [0.15, 0.2) is 35.3 Å². The van der Waals surface area contributed by atoms with E-state index in [0.717, 1.165) is 11.1 Å². The first-order chi connectivity index (χ1) is 11.8. The van der Waals surface area contributed by atoms with E-state index in [-0.39, 0.29) is 5.96 Å². The Kier molecular flexibility index (Phi) is 3.93. The number of thiophene rings is 1. The topological polar surface area (TPSA) is 106 Å². The fourth-order valence-electron chi connectivity index (χ4n) is 2.87. The van der Waals surface area contributed by atoms with E-state index in [1.807, 2.05) is 6.07 Å². The lowest BCUT2D eigenvalue weighted by Gasteiger charge is -2.33. The summed E-state index contributed by atoms with van der Waals surface area (Å²) in [6.45, 7) is 1.71. The van der Waals surface area contributed by atoms with Crippen molar-refractivity contribution in [1.82, 2.24) is 5.01 Å². The monoisotopic (exact) mass is 360 g/mol. The zero-order valence-electron chi connectivity index (χ0n) is 13.5. The molecule has 0 spiro atoms. The van der Waals surface area contributed by atoms with Gasteiger partial charge in [-0.05, 0) is 37.3 Å². The van der Waals surface area contributed by atoms with Crippen LogP contribution >= 0.6 is 11.3 Å². The van der Waals surface area contributed by atoms with E-state index in [1.165, 1.54) is 30.5 Å². The quantitative estimate of drug-likeness (QED) is 0.800. The van der Waals surface area contributed by atoms with Crippen molar-refractivity contribution in [1.29, 1.82) is 5.26 Å². The zero-order valence-corrected chi connectivity index (χ0v) is 14.3. The van der Waals surface area contributed by atoms with Gasteiger partial charge in [0.2, 0.25) is 0 Å². The fraction of sp³-hybridized carbons (Fsp3) is 0.250. The van der Waals surface area contributed by atoms with Crippen molar-refractivity contribution in [2.45, 2.75) is 18.5 Å². The van der Waals surface area contributed by atoms with Gasteiger partial charge < -0.3 is 10.8 Å². The number of hydrogen-bond acceptors (Lipinski definition) is 6. The summed E-state index contributed by atoms with van der Waals surface area (Å²) in [6.07, 6.45) is 0. The number of aliphatic imine (C=N–C) groups is 1. The predicted molar refractivity (Wildman–Crippen MR) is 90.2 cm³/mol. The smallest absolute Gasteiger partial charge is 0.289 e. The van der Waals surface area contributed by atoms with Gasteiger partial charge in [-0.1, -0.05) is 5.01 Å². The molecule has 2 aromatic rings. The summed E-state index contributed by atoms with van der Waals surface area (Å²) in [4.78, 5) is 19.0. The minimum atomic E-state index is -1.12. The minimum Gasteiger partial charge on any atom is -0.505 e. The maximum Gasteiger partial charge on any atom is 0.289 e. The molecule has 1 aliphatic rings. The Morgan fingerprint density at radius 1 is 1.48 bits per heavy atom. The number of nitroso groups, excluding NO2 is 1. The molecular weight excluding hydrogens is 345 g/mol. The van der Waals surface area contributed by atoms with Gasteiger partial charge in [-0.25, -0.2) is 9.38 Å². The van der Waals surface area contributed by atoms with Gasteiger partial charge in [-0.3, -0.25) is 0 Å². The molecule has 1 aliphatic heterocycles. The second-order valence-corrected chi connectivity index (χ2v) is 6.92. The first-order valence-electron chi connectivity index (χ1n) is 7.32. The molecule has 1 aromatic carbocycles. The molecule has 1 aromatic heterocycles. The average Bonchev–Trinajstić information content (AvgIpc) is 3.06. The highest BCUT2D eigenvalue weighted by molar-refractivity contribution is 7.12. The molecule has 0 radical (unpaired) electrons. The number of nitriles is 1. The highest BCUT2D eigenvalue weighted by Crippen LogP contribution is 2.46. The van der Waals surface area contributed by atoms with E-state index in [0.29, 0.717) is 20.2 Å². The molecule has 2 heterocycles. The van der Waals surface area contributed by atoms with Crippen molar-refractivity contribution in [3.63, 3.8) is 0 Å². The van der Waals surface area contributed by atoms with Crippen LogP contribution in [0.2, 0.25) is 0 Å². The number of hydrazine groups is 1. The largest absolute Gasteiger partial charge is 0.505 e. The van der Waals surface area contributed by atoms with E-state index >= 15 is 0 Å². The summed E-state index contributed by atoms with van der Waals surface area (Å²) in [6, 6.07) is 8.24. The van der Waals surface area contributed by atoms with Gasteiger partial charge in [0.05, 0.1) is 12.0 Å². The Bertz CT molecular complexity index is 935. The van der Waals surface area contributed by atoms with Crippen molar-refractivity contribution < 1.29 is 14.4 Å². The molecule has 7 nitrogen and oxygen atoms in total. The third kappa shape index (κ3) is 2.60. The van der Waals surface area contributed by atoms with Gasteiger partial charge in [0.1, 0.15) is 15.8 Å². The number of phenols is 1. The van der Waals surface area contributed by atoms with Crippen LogP contribution < -0.4 is 5.73 Å². The number of hydrogen-bond donors (Lipinski definition) is 2. The summed E-state index contributed by atoms with van der Waals surface area (Å²) >= 11 is 1.20. The van der Waals surface area contributed by atoms with Crippen molar-refractivity contribution >= 4 is 17.3 Å². The van der Waals surface area contributed by atoms with Gasteiger partial charge in [-0.15, -0.1) is 11.3 Å². The number of halogens is 1. The Morgan fingerprint density at radius 2 is 2.20 bits per heavy atom. The third-order valence-corrected chi connectivity index (χ3v) is 5.45. The van der Waals surface area contributed by atoms with Crippen LogP contribution in [0.3, 0.4) is 0 Å². The number of benzene rings is 1. The highest BCUT2D eigenvalue weighted by Gasteiger charge is 2.55. The summed E-state index contributed by atoms with van der Waals surface area (Å²) in [5.41, 5.74) is 5.09. The van der Waals surface area contributed by atoms with Crippen LogP contribution in [-0.2, 0) is 5.54 Å². The molecule has 3 N–H and O–H groups in total. The van der Waals surface area contributed by atoms with Gasteiger partial charge in [0, 0.05) is 10.4 Å². The molecule has 0 unspecified atom stereocenters. The zero-order chi connectivity index (χ0) is 18.4. The van der Waals surface area contributed by atoms with Crippen molar-refractivity contribution in [3.8, 4) is 11.8 Å². The third-order valence-electron chi connectivity index (χ3n) is 4.23. The summed E-state index contributed by atoms with van der Waals surface area (Å²) in [5.74, 6) is -1.32. The van der Waals surface area contributed by atoms with E-state index in [4.69, 9.17) is 11.0 Å². The first kappa shape index (κ1) is 16.9. The van der Waals surface area contributed by atoms with Crippen LogP contribution in [0.4, 0.5) is 4.39 Å². The standard InChI is InChI=1S/C16H14FN5O2S/c1-16(13-6-4-10(8-18)25-13)14(22(24)21(2)15(19)20-16)9-3-5-12(23)11(17)7-9/h3-7,14H,1-2H3,(H2-,19,20,23)/p+1/t14-,16+/m0/s1. The van der Waals surface area contributed by atoms with Crippen LogP contribution in [-0.4, -0.2) is 28.0 Å². The average molecular weight is 360 g/mol. The summed E-state index contributed by atoms with van der Waals surface area (Å²) < 4.78 is 13.9. The van der Waals surface area contributed by atoms with Gasteiger partial charge >= 0.3 is 0 Å². The molecule has 128 valence electrons. The molecule has 0 aliphatic carbocycles. The molecule has 0 bridgehead atoms. The Labute approximate surface area is 147 Å². The Morgan fingerprint density at radius 3 is 2.80 bits per heavy atom. The van der Waals surface area contributed by atoms with Gasteiger partial charge in [0.25, 0.3) is 12.0 Å². The van der Waals surface area contributed by atoms with E-state index in [1.54, 1.807) is 19.1 Å². The number of rotatable bonds is 2. The summed E-state index contributed by atoms with van der Waals surface area (Å²) in [7, 11) is 1.46. The molecule has 3 rings (SSSR count). The maximum atomic E-state index is 13.9. The maximum absolute atomic E-state index is 13.9. The van der Waals surface area contributed by atoms with Crippen molar-refractivity contribution in [2.24, 2.45) is 10.7 Å². The second-order valence-electron chi connectivity index (χ2n) is 5.83. The number of guanidine groups is 1. The summed E-state index contributed by atoms with van der Waals surface area (Å²) in [5, 5.41) is 19.6. The molecule has 9 heteroatoms. The van der Waals surface area contributed by atoms with E-state index < -0.39 is 23.1 Å². The fourth-order valence-corrected chi connectivity index (χ4v) is 3.78. The van der Waals surface area contributed by atoms with Crippen LogP contribution in [0, 0.1) is 22.1 Å². The lowest BCUT2D eigenvalue weighted by molar-refractivity contribution is -0.726. The van der Waals surface area contributed by atoms with Crippen LogP contribution in [0.5, 0.6) is 5.75 Å². The van der Waals surface area contributed by atoms with Gasteiger partial charge in [0.15, 0.2) is 17.1 Å². The molecule has 0 amide bonds. The highest BCUT2D eigenvalue weighted by atomic mass is 32.1. The normalized spacial score (nSPS) is 23.3. The van der Waals surface area contributed by atoms with E-state index in [2.05, 4.69) is 4.99 Å². The predicted octanol–water partition coefficient (Wildman–Crippen LogP) is 2.37. The SMILES string of the molecule is CN1C(N)=N[C@](C)(c2ccc(C#N)s2)[C@H](c2ccc(O)c(F)c2)[N+]1=O. The molecule has 0 fully saturated rings. The lowest BCUT2D eigenvalue weighted by Crippen LogP contribution is -2.53. The van der Waals surface area contributed by atoms with Gasteiger partial charge in [-0.2, -0.15) is 5.26 Å². The Hall–Kier alpha value is -2.99. The molecule has 2 atom stereocenters. The number of nitrogens with two attached hydrogens (primary N) is 1. The Balaban J connectivity index is 2.22. The molecular formula is C16H15FN5O2S+. The van der Waals surface area contributed by atoms with Crippen LogP contribution in [0.25, 0.3) is 0 Å². The minimum absolute atomic E-state index is 0.0138. The first-order valence-corrected chi connectivity index (χ1v) is 8.13. The van der Waals surface area contributed by atoms with Crippen molar-refractivity contribution in [3.05, 3.63) is 56.4 Å². The van der Waals surface area contributed by atoms with Crippen molar-refractivity contribution in [2.75, 3.05) is 7.05 Å². The molecule has 0 saturated carbocycles. The molecule has 25 heavy (non-hydrogen) atoms. The van der Waals surface area contributed by atoms with E-state index in [9.17, 15) is 14.4 Å². The lowest BCUT2D eigenvalue weighted by atomic mass is 9.85.